The number of oxazole rings is 1. The number of carboxylic acids is 1. The summed E-state index contributed by atoms with van der Waals surface area (Å²) in [6.45, 7) is 6.14. The maximum Gasteiger partial charge on any atom is 0.325 e. The Balaban J connectivity index is 1.40. The molecule has 2 aromatic carbocycles. The fraction of sp³-hybridized carbons (Fsp3) is 0.429. The molecule has 0 fully saturated rings. The predicted octanol–water partition coefficient (Wildman–Crippen LogP) is 5.84. The van der Waals surface area contributed by atoms with Gasteiger partial charge < -0.3 is 14.3 Å². The quantitative estimate of drug-likeness (QED) is 0.361. The van der Waals surface area contributed by atoms with E-state index in [0.717, 1.165) is 60.5 Å². The van der Waals surface area contributed by atoms with Crippen molar-refractivity contribution in [1.29, 1.82) is 0 Å². The minimum atomic E-state index is -0.791. The Labute approximate surface area is 201 Å². The van der Waals surface area contributed by atoms with Gasteiger partial charge in [0.25, 0.3) is 0 Å². The van der Waals surface area contributed by atoms with Gasteiger partial charge in [0.05, 0.1) is 12.3 Å². The Morgan fingerprint density at radius 3 is 2.76 bits per heavy atom. The van der Waals surface area contributed by atoms with Gasteiger partial charge in [-0.2, -0.15) is 0 Å². The van der Waals surface area contributed by atoms with Gasteiger partial charge in [0, 0.05) is 18.5 Å². The lowest BCUT2D eigenvalue weighted by Gasteiger charge is -2.35. The van der Waals surface area contributed by atoms with Crippen molar-refractivity contribution in [3.8, 4) is 17.2 Å². The smallest absolute Gasteiger partial charge is 0.325 e. The zero-order valence-corrected chi connectivity index (χ0v) is 20.1. The number of benzene rings is 2. The fourth-order valence-corrected chi connectivity index (χ4v) is 4.64. The van der Waals surface area contributed by atoms with Crippen LogP contribution in [-0.2, 0) is 17.6 Å². The van der Waals surface area contributed by atoms with Crippen LogP contribution in [0.2, 0.25) is 0 Å². The topological polar surface area (TPSA) is 75.8 Å². The van der Waals surface area contributed by atoms with E-state index in [-0.39, 0.29) is 0 Å². The maximum atomic E-state index is 12.2. The number of carboxylic acid groups (broad SMARTS) is 1. The van der Waals surface area contributed by atoms with Crippen molar-refractivity contribution in [2.24, 2.45) is 0 Å². The highest BCUT2D eigenvalue weighted by Gasteiger charge is 2.32. The molecule has 0 aliphatic carbocycles. The number of rotatable bonds is 11. The number of ether oxygens (including phenoxy) is 1. The molecular weight excluding hydrogens is 428 g/mol. The summed E-state index contributed by atoms with van der Waals surface area (Å²) in [6, 6.07) is 15.1. The van der Waals surface area contributed by atoms with Gasteiger partial charge in [-0.15, -0.1) is 0 Å². The van der Waals surface area contributed by atoms with Crippen LogP contribution in [0, 0.1) is 6.92 Å². The Kier molecular flexibility index (Phi) is 8.01. The van der Waals surface area contributed by atoms with Gasteiger partial charge in [0.1, 0.15) is 17.6 Å². The van der Waals surface area contributed by atoms with Gasteiger partial charge in [0.15, 0.2) is 0 Å². The summed E-state index contributed by atoms with van der Waals surface area (Å²) in [7, 11) is 0. The van der Waals surface area contributed by atoms with E-state index >= 15 is 0 Å². The molecule has 1 aliphatic heterocycles. The summed E-state index contributed by atoms with van der Waals surface area (Å²) in [6.07, 6.45) is 6.03. The molecule has 1 N–H and O–H groups in total. The van der Waals surface area contributed by atoms with Gasteiger partial charge in [-0.05, 0) is 61.7 Å². The van der Waals surface area contributed by atoms with Crippen molar-refractivity contribution < 1.29 is 19.1 Å². The van der Waals surface area contributed by atoms with E-state index in [1.807, 2.05) is 55.5 Å². The van der Waals surface area contributed by atoms with Crippen molar-refractivity contribution in [3.63, 3.8) is 0 Å². The number of hydrogen-bond acceptors (Lipinski definition) is 5. The molecule has 1 aromatic heterocycles. The van der Waals surface area contributed by atoms with Gasteiger partial charge in [-0.25, -0.2) is 4.98 Å². The van der Waals surface area contributed by atoms with Gasteiger partial charge in [-0.3, -0.25) is 9.69 Å². The summed E-state index contributed by atoms with van der Waals surface area (Å²) in [5, 5.41) is 10.00. The molecule has 1 unspecified atom stereocenters. The second-order valence-corrected chi connectivity index (χ2v) is 8.93. The first-order valence-electron chi connectivity index (χ1n) is 12.3. The molecule has 0 amide bonds. The first-order chi connectivity index (χ1) is 16.6. The lowest BCUT2D eigenvalue weighted by molar-refractivity contribution is -0.144. The number of unbranched alkanes of at least 4 members (excludes halogenated alkanes) is 3. The van der Waals surface area contributed by atoms with Gasteiger partial charge >= 0.3 is 5.97 Å². The molecule has 0 radical (unpaired) electrons. The number of aromatic nitrogens is 1. The van der Waals surface area contributed by atoms with Crippen LogP contribution in [0.25, 0.3) is 11.5 Å². The fourth-order valence-electron chi connectivity index (χ4n) is 4.64. The molecule has 34 heavy (non-hydrogen) atoms. The molecule has 0 saturated carbocycles. The predicted molar refractivity (Wildman–Crippen MR) is 132 cm³/mol. The van der Waals surface area contributed by atoms with E-state index in [4.69, 9.17) is 9.15 Å². The highest BCUT2D eigenvalue weighted by atomic mass is 16.5. The van der Waals surface area contributed by atoms with Crippen LogP contribution in [0.4, 0.5) is 0 Å². The number of hydrogen-bond donors (Lipinski definition) is 1. The zero-order chi connectivity index (χ0) is 23.9. The molecule has 1 atom stereocenters. The highest BCUT2D eigenvalue weighted by molar-refractivity contribution is 5.77. The maximum absolute atomic E-state index is 12.2. The van der Waals surface area contributed by atoms with Gasteiger partial charge in [0.2, 0.25) is 5.89 Å². The molecule has 6 nitrogen and oxygen atoms in total. The van der Waals surface area contributed by atoms with Crippen LogP contribution in [0.15, 0.2) is 52.9 Å². The summed E-state index contributed by atoms with van der Waals surface area (Å²) in [5.74, 6) is 1.31. The SMILES string of the molecule is CCCCCCN1CCc2ccc(OCCc3nc(-c4ccccc4)oc3C)cc2C1C(=O)O. The molecule has 3 aromatic rings. The van der Waals surface area contributed by atoms with Crippen LogP contribution >= 0.6 is 0 Å². The average Bonchev–Trinajstić information content (AvgIpc) is 3.22. The van der Waals surface area contributed by atoms with Crippen LogP contribution in [0.3, 0.4) is 0 Å². The Morgan fingerprint density at radius 1 is 1.18 bits per heavy atom. The monoisotopic (exact) mass is 462 g/mol. The number of aryl methyl sites for hydroxylation is 1. The molecule has 4 rings (SSSR count). The first-order valence-corrected chi connectivity index (χ1v) is 12.3. The molecule has 6 heteroatoms. The minimum Gasteiger partial charge on any atom is -0.493 e. The van der Waals surface area contributed by atoms with E-state index in [1.165, 1.54) is 12.8 Å². The van der Waals surface area contributed by atoms with Gasteiger partial charge in [-0.1, -0.05) is 50.5 Å². The molecule has 180 valence electrons. The molecule has 2 heterocycles. The summed E-state index contributed by atoms with van der Waals surface area (Å²) in [5.41, 5.74) is 3.78. The zero-order valence-electron chi connectivity index (χ0n) is 20.1. The Morgan fingerprint density at radius 2 is 2.00 bits per heavy atom. The summed E-state index contributed by atoms with van der Waals surface area (Å²) in [4.78, 5) is 18.9. The normalized spacial score (nSPS) is 15.8. The van der Waals surface area contributed by atoms with Crippen molar-refractivity contribution in [2.45, 2.75) is 58.4 Å². The highest BCUT2D eigenvalue weighted by Crippen LogP contribution is 2.33. The minimum absolute atomic E-state index is 0.443. The van der Waals surface area contributed by atoms with Crippen LogP contribution in [0.1, 0.15) is 61.2 Å². The van der Waals surface area contributed by atoms with Crippen molar-refractivity contribution in [1.82, 2.24) is 9.88 Å². The molecule has 0 bridgehead atoms. The number of aliphatic carboxylic acids is 1. The van der Waals surface area contributed by atoms with E-state index in [1.54, 1.807) is 0 Å². The Hall–Kier alpha value is -3.12. The van der Waals surface area contributed by atoms with Crippen LogP contribution < -0.4 is 4.74 Å². The van der Waals surface area contributed by atoms with E-state index < -0.39 is 12.0 Å². The second-order valence-electron chi connectivity index (χ2n) is 8.93. The van der Waals surface area contributed by atoms with Crippen molar-refractivity contribution in [3.05, 3.63) is 71.1 Å². The second kappa shape index (κ2) is 11.3. The molecule has 1 aliphatic rings. The average molecular weight is 463 g/mol. The van der Waals surface area contributed by atoms with E-state index in [2.05, 4.69) is 16.8 Å². The summed E-state index contributed by atoms with van der Waals surface area (Å²) < 4.78 is 11.9. The first kappa shape index (κ1) is 24.0. The van der Waals surface area contributed by atoms with Crippen molar-refractivity contribution in [2.75, 3.05) is 19.7 Å². The van der Waals surface area contributed by atoms with E-state index in [0.29, 0.717) is 24.7 Å². The third-order valence-electron chi connectivity index (χ3n) is 6.50. The molecule has 0 saturated heterocycles. The van der Waals surface area contributed by atoms with Crippen LogP contribution in [0.5, 0.6) is 5.75 Å². The number of fused-ring (bicyclic) bond motifs is 1. The lowest BCUT2D eigenvalue weighted by Crippen LogP contribution is -2.40. The Bertz CT molecular complexity index is 1090. The third-order valence-corrected chi connectivity index (χ3v) is 6.50. The third kappa shape index (κ3) is 5.68. The standard InChI is InChI=1S/C28H34N2O4/c1-3-4-5-9-16-30-17-14-21-12-13-23(19-24(21)26(30)28(31)32)33-18-15-25-20(2)34-27(29-25)22-10-7-6-8-11-22/h6-8,10-13,19,26H,3-5,9,14-18H2,1-2H3,(H,31,32). The number of nitrogens with zero attached hydrogens (tertiary/aromatic N) is 2. The largest absolute Gasteiger partial charge is 0.493 e. The van der Waals surface area contributed by atoms with Crippen LogP contribution in [-0.4, -0.2) is 40.7 Å². The molecular formula is C28H34N2O4. The summed E-state index contributed by atoms with van der Waals surface area (Å²) >= 11 is 0. The van der Waals surface area contributed by atoms with E-state index in [9.17, 15) is 9.90 Å². The lowest BCUT2D eigenvalue weighted by atomic mass is 9.92. The number of carbonyl (C=O) groups is 1. The molecule has 0 spiro atoms. The van der Waals surface area contributed by atoms with Crippen molar-refractivity contribution >= 4 is 5.97 Å².